The van der Waals surface area contributed by atoms with Crippen molar-refractivity contribution < 1.29 is 0 Å². The predicted molar refractivity (Wildman–Crippen MR) is 285 cm³/mol. The summed E-state index contributed by atoms with van der Waals surface area (Å²) in [6, 6.07) is 86.3. The highest BCUT2D eigenvalue weighted by Gasteiger charge is 2.23. The first-order chi connectivity index (χ1) is 33.7. The Morgan fingerprint density at radius 2 is 0.809 bits per heavy atom. The zero-order valence-corrected chi connectivity index (χ0v) is 37.6. The summed E-state index contributed by atoms with van der Waals surface area (Å²) >= 11 is 1.87. The molecule has 68 heavy (non-hydrogen) atoms. The quantitative estimate of drug-likeness (QED) is 0.153. The van der Waals surface area contributed by atoms with Crippen LogP contribution in [-0.4, -0.2) is 19.5 Å². The molecule has 0 radical (unpaired) electrons. The van der Waals surface area contributed by atoms with E-state index in [4.69, 9.17) is 15.0 Å². The van der Waals surface area contributed by atoms with Crippen LogP contribution >= 0.6 is 11.3 Å². The van der Waals surface area contributed by atoms with E-state index in [1.54, 1.807) is 0 Å². The molecule has 0 aliphatic carbocycles. The summed E-state index contributed by atoms with van der Waals surface area (Å²) in [7, 11) is 0. The van der Waals surface area contributed by atoms with Gasteiger partial charge in [-0.2, -0.15) is 0 Å². The highest BCUT2D eigenvalue weighted by atomic mass is 32.1. The van der Waals surface area contributed by atoms with E-state index in [1.165, 1.54) is 47.5 Å². The van der Waals surface area contributed by atoms with E-state index in [-0.39, 0.29) is 0 Å². The van der Waals surface area contributed by atoms with Gasteiger partial charge >= 0.3 is 0 Å². The van der Waals surface area contributed by atoms with Gasteiger partial charge in [-0.05, 0) is 75.3 Å². The highest BCUT2D eigenvalue weighted by Crippen LogP contribution is 2.48. The zero-order valence-electron chi connectivity index (χ0n) is 36.8. The topological polar surface area (TPSA) is 43.6 Å². The molecule has 0 saturated carbocycles. The van der Waals surface area contributed by atoms with Gasteiger partial charge in [0, 0.05) is 58.9 Å². The first-order valence-electron chi connectivity index (χ1n) is 22.9. The minimum absolute atomic E-state index is 0.612. The van der Waals surface area contributed by atoms with Crippen LogP contribution in [0.3, 0.4) is 0 Å². The van der Waals surface area contributed by atoms with E-state index in [0.717, 1.165) is 61.3 Å². The fraction of sp³-hybridized carbons (Fsp3) is 0. The summed E-state index contributed by atoms with van der Waals surface area (Å²) < 4.78 is 4.90. The first-order valence-corrected chi connectivity index (χ1v) is 23.7. The monoisotopic (exact) mass is 884 g/mol. The van der Waals surface area contributed by atoms with Crippen molar-refractivity contribution in [2.24, 2.45) is 0 Å². The van der Waals surface area contributed by atoms with E-state index >= 15 is 0 Å². The number of benzene rings is 10. The summed E-state index contributed by atoms with van der Waals surface area (Å²) in [5.41, 5.74) is 15.3. The van der Waals surface area contributed by atoms with Crippen LogP contribution in [0.5, 0.6) is 0 Å². The van der Waals surface area contributed by atoms with Gasteiger partial charge in [0.15, 0.2) is 17.5 Å². The zero-order chi connectivity index (χ0) is 45.0. The number of thiophene rings is 1. The Morgan fingerprint density at radius 1 is 0.279 bits per heavy atom. The normalized spacial score (nSPS) is 11.5. The molecular formula is C63H40N4S. The molecule has 3 heterocycles. The van der Waals surface area contributed by atoms with Crippen LogP contribution in [0.25, 0.3) is 126 Å². The van der Waals surface area contributed by atoms with Crippen molar-refractivity contribution in [3.8, 4) is 84.4 Å². The van der Waals surface area contributed by atoms with Crippen molar-refractivity contribution in [2.45, 2.75) is 0 Å². The maximum Gasteiger partial charge on any atom is 0.164 e. The van der Waals surface area contributed by atoms with Crippen molar-refractivity contribution in [1.29, 1.82) is 0 Å². The minimum Gasteiger partial charge on any atom is -0.309 e. The van der Waals surface area contributed by atoms with Crippen molar-refractivity contribution in [2.75, 3.05) is 0 Å². The van der Waals surface area contributed by atoms with Crippen molar-refractivity contribution in [3.05, 3.63) is 243 Å². The van der Waals surface area contributed by atoms with Crippen LogP contribution in [0.2, 0.25) is 0 Å². The Hall–Kier alpha value is -8.77. The molecule has 13 rings (SSSR count). The number of rotatable bonds is 8. The molecule has 0 saturated heterocycles. The van der Waals surface area contributed by atoms with Gasteiger partial charge in [0.05, 0.1) is 11.0 Å². The Morgan fingerprint density at radius 3 is 1.50 bits per heavy atom. The fourth-order valence-electron chi connectivity index (χ4n) is 9.90. The summed E-state index contributed by atoms with van der Waals surface area (Å²) in [6.07, 6.45) is 0. The van der Waals surface area contributed by atoms with Crippen LogP contribution in [-0.2, 0) is 0 Å². The van der Waals surface area contributed by atoms with Crippen LogP contribution in [0.15, 0.2) is 243 Å². The standard InChI is InChI=1S/C63H40N4S/c1-6-19-41(20-7-1)45-33-35-48(42-21-8-2-9-22-42)54(39-45)46-34-36-49(55(40-46)63-65-61(43-23-10-3-11-24-43)64-62(66-63)44-25-12-4-13-26-44)50-30-18-31-51-52-37-38-57-58(60(52)68-59(50)51)53-29-16-17-32-56(53)67(57)47-27-14-5-15-28-47/h1-40H. The van der Waals surface area contributed by atoms with Gasteiger partial charge in [0.2, 0.25) is 0 Å². The average molecular weight is 885 g/mol. The van der Waals surface area contributed by atoms with Crippen LogP contribution < -0.4 is 0 Å². The van der Waals surface area contributed by atoms with Crippen LogP contribution in [0, 0.1) is 0 Å². The molecule has 5 heteroatoms. The third-order valence-electron chi connectivity index (χ3n) is 13.1. The molecule has 318 valence electrons. The van der Waals surface area contributed by atoms with Crippen LogP contribution in [0.4, 0.5) is 0 Å². The van der Waals surface area contributed by atoms with Gasteiger partial charge in [0.1, 0.15) is 0 Å². The molecule has 0 N–H and O–H groups in total. The molecule has 0 amide bonds. The van der Waals surface area contributed by atoms with E-state index in [9.17, 15) is 0 Å². The summed E-state index contributed by atoms with van der Waals surface area (Å²) in [4.78, 5) is 15.9. The maximum absolute atomic E-state index is 5.37. The number of para-hydroxylation sites is 2. The van der Waals surface area contributed by atoms with Gasteiger partial charge in [-0.25, -0.2) is 15.0 Å². The Balaban J connectivity index is 1.09. The van der Waals surface area contributed by atoms with E-state index in [0.29, 0.717) is 17.5 Å². The molecular weight excluding hydrogens is 845 g/mol. The van der Waals surface area contributed by atoms with E-state index < -0.39 is 0 Å². The average Bonchev–Trinajstić information content (AvgIpc) is 3.98. The number of aromatic nitrogens is 4. The number of hydrogen-bond donors (Lipinski definition) is 0. The largest absolute Gasteiger partial charge is 0.309 e. The third kappa shape index (κ3) is 6.79. The molecule has 3 aromatic heterocycles. The van der Waals surface area contributed by atoms with Gasteiger partial charge in [-0.3, -0.25) is 0 Å². The van der Waals surface area contributed by atoms with Gasteiger partial charge < -0.3 is 4.57 Å². The molecule has 0 aliphatic heterocycles. The van der Waals surface area contributed by atoms with Crippen molar-refractivity contribution in [3.63, 3.8) is 0 Å². The van der Waals surface area contributed by atoms with Gasteiger partial charge in [0.25, 0.3) is 0 Å². The third-order valence-corrected chi connectivity index (χ3v) is 14.4. The molecule has 0 atom stereocenters. The molecule has 0 fully saturated rings. The summed E-state index contributed by atoms with van der Waals surface area (Å²) in [5, 5.41) is 4.99. The number of fused-ring (bicyclic) bond motifs is 7. The fourth-order valence-corrected chi connectivity index (χ4v) is 11.3. The SMILES string of the molecule is c1ccc(-c2ccc(-c3ccccc3)c(-c3ccc(-c4cccc5c4sc4c5ccc5c4c4ccccc4n5-c4ccccc4)c(-c4nc(-c5ccccc5)nc(-c5ccccc5)n4)c3)c2)cc1. The lowest BCUT2D eigenvalue weighted by molar-refractivity contribution is 1.07. The molecule has 0 bridgehead atoms. The van der Waals surface area contributed by atoms with Crippen LogP contribution in [0.1, 0.15) is 0 Å². The Kier molecular flexibility index (Phi) is 9.66. The summed E-state index contributed by atoms with van der Waals surface area (Å²) in [5.74, 6) is 1.86. The lowest BCUT2D eigenvalue weighted by atomic mass is 9.88. The smallest absolute Gasteiger partial charge is 0.164 e. The molecule has 0 spiro atoms. The Labute approximate surface area is 397 Å². The molecule has 0 aliphatic rings. The Bertz CT molecular complexity index is 3940. The predicted octanol–water partition coefficient (Wildman–Crippen LogP) is 17.0. The second kappa shape index (κ2) is 16.6. The second-order valence-electron chi connectivity index (χ2n) is 17.1. The molecule has 0 unspecified atom stereocenters. The minimum atomic E-state index is 0.612. The number of nitrogens with zero attached hydrogens (tertiary/aromatic N) is 4. The lowest BCUT2D eigenvalue weighted by Crippen LogP contribution is -2.01. The lowest BCUT2D eigenvalue weighted by Gasteiger charge is -2.17. The second-order valence-corrected chi connectivity index (χ2v) is 18.1. The maximum atomic E-state index is 5.37. The number of hydrogen-bond acceptors (Lipinski definition) is 4. The van der Waals surface area contributed by atoms with Gasteiger partial charge in [-0.1, -0.05) is 206 Å². The van der Waals surface area contributed by atoms with E-state index in [2.05, 4.69) is 211 Å². The first kappa shape index (κ1) is 39.6. The van der Waals surface area contributed by atoms with Gasteiger partial charge in [-0.15, -0.1) is 11.3 Å². The van der Waals surface area contributed by atoms with Crippen molar-refractivity contribution in [1.82, 2.24) is 19.5 Å². The summed E-state index contributed by atoms with van der Waals surface area (Å²) in [6.45, 7) is 0. The molecule has 13 aromatic rings. The molecule has 4 nitrogen and oxygen atoms in total. The highest BCUT2D eigenvalue weighted by molar-refractivity contribution is 7.27. The van der Waals surface area contributed by atoms with Crippen molar-refractivity contribution >= 4 is 53.3 Å². The van der Waals surface area contributed by atoms with E-state index in [1.807, 2.05) is 47.7 Å². The molecule has 10 aromatic carbocycles.